The van der Waals surface area contributed by atoms with Crippen LogP contribution in [0.2, 0.25) is 0 Å². The second-order valence-electron chi connectivity index (χ2n) is 6.49. The molecule has 0 bridgehead atoms. The van der Waals surface area contributed by atoms with Crippen LogP contribution in [0.3, 0.4) is 0 Å². The van der Waals surface area contributed by atoms with Crippen LogP contribution in [0.1, 0.15) is 59.2 Å². The van der Waals surface area contributed by atoms with Crippen molar-refractivity contribution in [3.63, 3.8) is 0 Å². The summed E-state index contributed by atoms with van der Waals surface area (Å²) in [4.78, 5) is 23.1. The predicted octanol–water partition coefficient (Wildman–Crippen LogP) is 3.24. The van der Waals surface area contributed by atoms with Crippen LogP contribution in [0.4, 0.5) is 4.39 Å². The number of hydrogen-bond donors (Lipinski definition) is 2. The minimum Gasteiger partial charge on any atom is -0.478 e. The Bertz CT molecular complexity index is 597. The lowest BCUT2D eigenvalue weighted by Crippen LogP contribution is -2.40. The van der Waals surface area contributed by atoms with Crippen LogP contribution in [0.5, 0.6) is 0 Å². The third kappa shape index (κ3) is 4.54. The van der Waals surface area contributed by atoms with Crippen LogP contribution in [0.15, 0.2) is 18.2 Å². The number of aromatic carboxylic acids is 1. The molecule has 0 radical (unpaired) electrons. The number of carbonyl (C=O) groups excluding carboxylic acids is 1. The Morgan fingerprint density at radius 3 is 2.58 bits per heavy atom. The molecule has 24 heavy (non-hydrogen) atoms. The van der Waals surface area contributed by atoms with Gasteiger partial charge in [0.05, 0.1) is 11.1 Å². The molecule has 2 N–H and O–H groups in total. The van der Waals surface area contributed by atoms with Gasteiger partial charge in [0.1, 0.15) is 5.82 Å². The molecule has 6 heteroatoms. The summed E-state index contributed by atoms with van der Waals surface area (Å²) < 4.78 is 19.2. The minimum atomic E-state index is -1.22. The number of rotatable bonds is 7. The SMILES string of the molecule is COCCC1(CNC(=O)c2ccc(C(=O)O)cc2F)CCCCC1. The van der Waals surface area contributed by atoms with Crippen molar-refractivity contribution in [3.05, 3.63) is 35.1 Å². The van der Waals surface area contributed by atoms with Gasteiger partial charge in [-0.15, -0.1) is 0 Å². The highest BCUT2D eigenvalue weighted by atomic mass is 19.1. The Balaban J connectivity index is 2.04. The van der Waals surface area contributed by atoms with Gasteiger partial charge in [0.15, 0.2) is 0 Å². The molecule has 0 aliphatic heterocycles. The summed E-state index contributed by atoms with van der Waals surface area (Å²) in [6, 6.07) is 3.33. The number of hydrogen-bond acceptors (Lipinski definition) is 3. The van der Waals surface area contributed by atoms with E-state index in [9.17, 15) is 14.0 Å². The fourth-order valence-corrected chi connectivity index (χ4v) is 3.33. The Kier molecular flexibility index (Phi) is 6.31. The maximum atomic E-state index is 14.0. The maximum absolute atomic E-state index is 14.0. The van der Waals surface area contributed by atoms with Gasteiger partial charge in [-0.25, -0.2) is 9.18 Å². The van der Waals surface area contributed by atoms with E-state index in [4.69, 9.17) is 9.84 Å². The molecule has 0 aromatic heterocycles. The summed E-state index contributed by atoms with van der Waals surface area (Å²) >= 11 is 0. The minimum absolute atomic E-state index is 0.00139. The van der Waals surface area contributed by atoms with Gasteiger partial charge in [-0.05, 0) is 42.9 Å². The van der Waals surface area contributed by atoms with Gasteiger partial charge in [-0.2, -0.15) is 0 Å². The standard InChI is InChI=1S/C18H24FNO4/c1-24-10-9-18(7-3-2-4-8-18)12-20-16(21)14-6-5-13(17(22)23)11-15(14)19/h5-6,11H,2-4,7-10,12H2,1H3,(H,20,21)(H,22,23). The van der Waals surface area contributed by atoms with Crippen molar-refractivity contribution in [2.24, 2.45) is 5.41 Å². The summed E-state index contributed by atoms with van der Waals surface area (Å²) in [6.45, 7) is 1.12. The number of benzene rings is 1. The number of halogens is 1. The molecule has 1 saturated carbocycles. The number of ether oxygens (including phenoxy) is 1. The lowest BCUT2D eigenvalue weighted by Gasteiger charge is -2.37. The van der Waals surface area contributed by atoms with E-state index in [0.29, 0.717) is 13.2 Å². The van der Waals surface area contributed by atoms with Crippen molar-refractivity contribution < 1.29 is 23.8 Å². The molecule has 1 aliphatic carbocycles. The van der Waals surface area contributed by atoms with Crippen molar-refractivity contribution in [1.82, 2.24) is 5.32 Å². The lowest BCUT2D eigenvalue weighted by atomic mass is 9.72. The zero-order valence-corrected chi connectivity index (χ0v) is 13.9. The van der Waals surface area contributed by atoms with E-state index >= 15 is 0 Å². The summed E-state index contributed by atoms with van der Waals surface area (Å²) in [6.07, 6.45) is 6.37. The highest BCUT2D eigenvalue weighted by Crippen LogP contribution is 2.38. The summed E-state index contributed by atoms with van der Waals surface area (Å²) in [5.41, 5.74) is -0.299. The first kappa shape index (κ1) is 18.4. The number of nitrogens with one attached hydrogen (secondary N) is 1. The molecule has 1 amide bonds. The van der Waals surface area contributed by atoms with Crippen molar-refractivity contribution in [2.45, 2.75) is 38.5 Å². The maximum Gasteiger partial charge on any atom is 0.335 e. The Morgan fingerprint density at radius 1 is 1.29 bits per heavy atom. The topological polar surface area (TPSA) is 75.6 Å². The summed E-state index contributed by atoms with van der Waals surface area (Å²) in [5.74, 6) is -2.55. The lowest BCUT2D eigenvalue weighted by molar-refractivity contribution is 0.0695. The first-order chi connectivity index (χ1) is 11.5. The molecule has 5 nitrogen and oxygen atoms in total. The molecule has 0 spiro atoms. The zero-order chi connectivity index (χ0) is 17.6. The van der Waals surface area contributed by atoms with E-state index in [-0.39, 0.29) is 16.5 Å². The highest BCUT2D eigenvalue weighted by molar-refractivity contribution is 5.96. The largest absolute Gasteiger partial charge is 0.478 e. The molecule has 0 heterocycles. The average molecular weight is 337 g/mol. The molecule has 1 aromatic rings. The number of methoxy groups -OCH3 is 1. The molecular formula is C18H24FNO4. The normalized spacial score (nSPS) is 16.6. The Hall–Kier alpha value is -1.95. The van der Waals surface area contributed by atoms with Gasteiger partial charge in [0.2, 0.25) is 0 Å². The quantitative estimate of drug-likeness (QED) is 0.801. The van der Waals surface area contributed by atoms with Crippen LogP contribution >= 0.6 is 0 Å². The molecule has 1 aliphatic rings. The first-order valence-corrected chi connectivity index (χ1v) is 8.27. The van der Waals surface area contributed by atoms with Crippen LogP contribution in [0, 0.1) is 11.2 Å². The van der Waals surface area contributed by atoms with Gasteiger partial charge in [-0.1, -0.05) is 19.3 Å². The van der Waals surface area contributed by atoms with Crippen LogP contribution < -0.4 is 5.32 Å². The number of amides is 1. The van der Waals surface area contributed by atoms with Crippen LogP contribution in [-0.2, 0) is 4.74 Å². The van der Waals surface area contributed by atoms with E-state index in [1.807, 2.05) is 0 Å². The molecule has 1 fully saturated rings. The second kappa shape index (κ2) is 8.24. The fourth-order valence-electron chi connectivity index (χ4n) is 3.33. The number of carboxylic acid groups (broad SMARTS) is 1. The third-order valence-corrected chi connectivity index (χ3v) is 4.84. The molecule has 0 unspecified atom stereocenters. The predicted molar refractivity (Wildman–Crippen MR) is 87.7 cm³/mol. The van der Waals surface area contributed by atoms with Gasteiger partial charge in [0, 0.05) is 20.3 Å². The summed E-state index contributed by atoms with van der Waals surface area (Å²) in [5, 5.41) is 11.7. The third-order valence-electron chi connectivity index (χ3n) is 4.84. The monoisotopic (exact) mass is 337 g/mol. The van der Waals surface area contributed by atoms with E-state index in [1.165, 1.54) is 18.6 Å². The Labute approximate surface area is 141 Å². The van der Waals surface area contributed by atoms with E-state index in [0.717, 1.165) is 38.2 Å². The van der Waals surface area contributed by atoms with Gasteiger partial charge < -0.3 is 15.2 Å². The molecule has 1 aromatic carbocycles. The van der Waals surface area contributed by atoms with Crippen LogP contribution in [-0.4, -0.2) is 37.2 Å². The van der Waals surface area contributed by atoms with Crippen molar-refractivity contribution in [1.29, 1.82) is 0 Å². The van der Waals surface area contributed by atoms with E-state index in [2.05, 4.69) is 5.32 Å². The molecule has 0 atom stereocenters. The van der Waals surface area contributed by atoms with Gasteiger partial charge in [0.25, 0.3) is 5.91 Å². The number of carbonyl (C=O) groups is 2. The van der Waals surface area contributed by atoms with Crippen molar-refractivity contribution in [2.75, 3.05) is 20.3 Å². The molecule has 0 saturated heterocycles. The van der Waals surface area contributed by atoms with E-state index < -0.39 is 17.7 Å². The molecule has 2 rings (SSSR count). The zero-order valence-electron chi connectivity index (χ0n) is 13.9. The average Bonchev–Trinajstić information content (AvgIpc) is 2.58. The fraction of sp³-hybridized carbons (Fsp3) is 0.556. The van der Waals surface area contributed by atoms with Crippen molar-refractivity contribution >= 4 is 11.9 Å². The second-order valence-corrected chi connectivity index (χ2v) is 6.49. The highest BCUT2D eigenvalue weighted by Gasteiger charge is 2.32. The summed E-state index contributed by atoms with van der Waals surface area (Å²) in [7, 11) is 1.66. The molecule has 132 valence electrons. The van der Waals surface area contributed by atoms with Crippen molar-refractivity contribution in [3.8, 4) is 0 Å². The smallest absolute Gasteiger partial charge is 0.335 e. The van der Waals surface area contributed by atoms with Crippen LogP contribution in [0.25, 0.3) is 0 Å². The van der Waals surface area contributed by atoms with E-state index in [1.54, 1.807) is 7.11 Å². The van der Waals surface area contributed by atoms with Gasteiger partial charge in [-0.3, -0.25) is 4.79 Å². The van der Waals surface area contributed by atoms with Gasteiger partial charge >= 0.3 is 5.97 Å². The number of carboxylic acids is 1. The Morgan fingerprint density at radius 2 is 2.00 bits per heavy atom. The first-order valence-electron chi connectivity index (χ1n) is 8.27. The molecular weight excluding hydrogens is 313 g/mol.